The molecule has 2 aromatic heterocycles. The third kappa shape index (κ3) is 7.86. The van der Waals surface area contributed by atoms with Crippen molar-refractivity contribution in [2.24, 2.45) is 11.8 Å². The monoisotopic (exact) mass is 577 g/mol. The van der Waals surface area contributed by atoms with E-state index in [9.17, 15) is 9.59 Å². The lowest BCUT2D eigenvalue weighted by Gasteiger charge is -2.37. The average Bonchev–Trinajstić information content (AvgIpc) is 3.57. The molecule has 226 valence electrons. The van der Waals surface area contributed by atoms with Crippen LogP contribution in [-0.4, -0.2) is 86.1 Å². The van der Waals surface area contributed by atoms with Gasteiger partial charge >= 0.3 is 5.97 Å². The minimum atomic E-state index is -0.545. The van der Waals surface area contributed by atoms with Gasteiger partial charge in [-0.25, -0.2) is 9.78 Å². The van der Waals surface area contributed by atoms with E-state index in [-0.39, 0.29) is 25.0 Å². The van der Waals surface area contributed by atoms with Crippen LogP contribution in [0, 0.1) is 18.8 Å². The number of hydrogen-bond donors (Lipinski definition) is 1. The first-order chi connectivity index (χ1) is 20.5. The van der Waals surface area contributed by atoms with Gasteiger partial charge in [0.1, 0.15) is 12.4 Å². The second-order valence-corrected chi connectivity index (χ2v) is 11.5. The van der Waals surface area contributed by atoms with Crippen molar-refractivity contribution in [3.63, 3.8) is 0 Å². The van der Waals surface area contributed by atoms with E-state index < -0.39 is 5.97 Å². The fourth-order valence-corrected chi connectivity index (χ4v) is 6.08. The first-order valence-electron chi connectivity index (χ1n) is 15.3. The minimum absolute atomic E-state index is 0.0533. The van der Waals surface area contributed by atoms with Crippen molar-refractivity contribution in [2.45, 2.75) is 45.4 Å². The van der Waals surface area contributed by atoms with Crippen molar-refractivity contribution in [1.29, 1.82) is 0 Å². The minimum Gasteiger partial charge on any atom is -0.460 e. The molecule has 42 heavy (non-hydrogen) atoms. The molecule has 0 spiro atoms. The maximum atomic E-state index is 13.9. The molecule has 0 saturated carbocycles. The number of ether oxygens (including phenoxy) is 2. The van der Waals surface area contributed by atoms with Gasteiger partial charge in [0, 0.05) is 69.3 Å². The van der Waals surface area contributed by atoms with Crippen LogP contribution in [0.2, 0.25) is 0 Å². The number of hydrogen-bond acceptors (Lipinski definition) is 9. The molecule has 5 rings (SSSR count). The first kappa shape index (κ1) is 30.0. The number of amides is 1. The predicted octanol–water partition coefficient (Wildman–Crippen LogP) is 3.61. The molecule has 1 amide bonds. The zero-order chi connectivity index (χ0) is 29.3. The topological polar surface area (TPSA) is 108 Å². The number of aromatic nitrogens is 2. The summed E-state index contributed by atoms with van der Waals surface area (Å²) in [6.45, 7) is 7.49. The molecule has 0 radical (unpaired) electrons. The molecule has 3 aliphatic heterocycles. The highest BCUT2D eigenvalue weighted by molar-refractivity contribution is 5.95. The first-order valence-corrected chi connectivity index (χ1v) is 15.3. The van der Waals surface area contributed by atoms with E-state index in [1.807, 2.05) is 30.2 Å². The van der Waals surface area contributed by atoms with Crippen molar-refractivity contribution in [2.75, 3.05) is 73.9 Å². The van der Waals surface area contributed by atoms with Gasteiger partial charge in [-0.05, 0) is 81.7 Å². The fraction of sp³-hybridized carbons (Fsp3) is 0.562. The summed E-state index contributed by atoms with van der Waals surface area (Å²) in [7, 11) is 0. The van der Waals surface area contributed by atoms with E-state index in [4.69, 9.17) is 19.6 Å². The van der Waals surface area contributed by atoms with Crippen LogP contribution < -0.4 is 14.7 Å². The van der Waals surface area contributed by atoms with Gasteiger partial charge in [0.15, 0.2) is 0 Å². The van der Waals surface area contributed by atoms with Crippen LogP contribution in [0.1, 0.15) is 49.9 Å². The Bertz CT molecular complexity index is 1220. The lowest BCUT2D eigenvalue weighted by Crippen LogP contribution is -2.44. The molecule has 1 N–H and O–H groups in total. The highest BCUT2D eigenvalue weighted by Crippen LogP contribution is 2.30. The summed E-state index contributed by atoms with van der Waals surface area (Å²) in [5.74, 6) is 0.946. The number of nitrogens with zero attached hydrogens (tertiary/aromatic N) is 5. The zero-order valence-electron chi connectivity index (χ0n) is 24.6. The van der Waals surface area contributed by atoms with Crippen LogP contribution in [0.4, 0.5) is 17.2 Å². The molecule has 0 atom stereocenters. The number of esters is 1. The fourth-order valence-electron chi connectivity index (χ4n) is 6.08. The number of pyridine rings is 2. The van der Waals surface area contributed by atoms with Crippen molar-refractivity contribution in [3.05, 3.63) is 47.9 Å². The van der Waals surface area contributed by atoms with Crippen LogP contribution in [0.3, 0.4) is 0 Å². The molecular formula is C32H43N5O5. The summed E-state index contributed by atoms with van der Waals surface area (Å²) in [6.07, 6.45) is 10.8. The molecule has 2 aromatic rings. The Morgan fingerprint density at radius 3 is 2.52 bits per heavy atom. The Hall–Kier alpha value is -3.50. The number of carbonyl (C=O) groups is 2. The number of aliphatic hydroxyl groups is 1. The van der Waals surface area contributed by atoms with Gasteiger partial charge in [0.05, 0.1) is 24.2 Å². The second kappa shape index (κ2) is 14.6. The number of aryl methyl sites for hydroxylation is 1. The van der Waals surface area contributed by atoms with Gasteiger partial charge in [0.2, 0.25) is 5.91 Å². The third-order valence-corrected chi connectivity index (χ3v) is 8.41. The number of aliphatic hydroxyl groups excluding tert-OH is 1. The summed E-state index contributed by atoms with van der Waals surface area (Å²) >= 11 is 0. The van der Waals surface area contributed by atoms with E-state index in [1.165, 1.54) is 18.9 Å². The highest BCUT2D eigenvalue weighted by atomic mass is 16.5. The maximum absolute atomic E-state index is 13.9. The van der Waals surface area contributed by atoms with Gasteiger partial charge < -0.3 is 29.3 Å². The summed E-state index contributed by atoms with van der Waals surface area (Å²) in [4.78, 5) is 41.8. The van der Waals surface area contributed by atoms with Crippen molar-refractivity contribution < 1.29 is 24.2 Å². The molecule has 10 heteroatoms. The lowest BCUT2D eigenvalue weighted by molar-refractivity contribution is -0.138. The van der Waals surface area contributed by atoms with E-state index in [0.717, 1.165) is 74.7 Å². The standard InChI is InChI=1S/C32H43N5O5/c1-24-20-29(21-27(34-24)4-7-31(39)42-19-16-38)37(32(40)26-10-17-41-18-11-26)23-25-8-14-35(15-9-25)28-5-6-30(33-22-28)36-12-2-3-13-36/h4-7,20-22,25-26,38H,2-3,8-19,23H2,1H3/b7-4+. The summed E-state index contributed by atoms with van der Waals surface area (Å²) in [5.41, 5.74) is 3.30. The Morgan fingerprint density at radius 1 is 1.07 bits per heavy atom. The Labute approximate surface area is 248 Å². The van der Waals surface area contributed by atoms with Crippen LogP contribution in [-0.2, 0) is 19.1 Å². The molecule has 0 aliphatic carbocycles. The summed E-state index contributed by atoms with van der Waals surface area (Å²) in [6, 6.07) is 8.14. The number of anilines is 3. The quantitative estimate of drug-likeness (QED) is 0.335. The molecule has 3 aliphatic rings. The Kier molecular flexibility index (Phi) is 10.4. The van der Waals surface area contributed by atoms with Crippen LogP contribution >= 0.6 is 0 Å². The van der Waals surface area contributed by atoms with Crippen LogP contribution in [0.5, 0.6) is 0 Å². The SMILES string of the molecule is Cc1cc(N(CC2CCN(c3ccc(N4CCCC4)nc3)CC2)C(=O)C2CCOCC2)cc(/C=C/C(=O)OCCO)n1. The molecule has 0 bridgehead atoms. The van der Waals surface area contributed by atoms with Gasteiger partial charge in [0.25, 0.3) is 0 Å². The zero-order valence-corrected chi connectivity index (χ0v) is 24.6. The van der Waals surface area contributed by atoms with Crippen LogP contribution in [0.15, 0.2) is 36.5 Å². The van der Waals surface area contributed by atoms with Crippen molar-refractivity contribution >= 4 is 35.1 Å². The molecule has 0 aromatic carbocycles. The van der Waals surface area contributed by atoms with Crippen molar-refractivity contribution in [3.8, 4) is 0 Å². The highest BCUT2D eigenvalue weighted by Gasteiger charge is 2.31. The molecule has 3 saturated heterocycles. The number of carbonyl (C=O) groups excluding carboxylic acids is 2. The average molecular weight is 578 g/mol. The molecular weight excluding hydrogens is 534 g/mol. The van der Waals surface area contributed by atoms with E-state index in [0.29, 0.717) is 31.4 Å². The van der Waals surface area contributed by atoms with Crippen LogP contribution in [0.25, 0.3) is 6.08 Å². The van der Waals surface area contributed by atoms with Crippen molar-refractivity contribution in [1.82, 2.24) is 9.97 Å². The van der Waals surface area contributed by atoms with Gasteiger partial charge in [-0.1, -0.05) is 0 Å². The van der Waals surface area contributed by atoms with E-state index >= 15 is 0 Å². The lowest BCUT2D eigenvalue weighted by atomic mass is 9.93. The Balaban J connectivity index is 1.27. The molecule has 10 nitrogen and oxygen atoms in total. The van der Waals surface area contributed by atoms with Gasteiger partial charge in [-0.2, -0.15) is 0 Å². The number of rotatable bonds is 10. The Morgan fingerprint density at radius 2 is 1.83 bits per heavy atom. The molecule has 3 fully saturated rings. The van der Waals surface area contributed by atoms with E-state index in [1.54, 1.807) is 6.08 Å². The molecule has 0 unspecified atom stereocenters. The maximum Gasteiger partial charge on any atom is 0.330 e. The second-order valence-electron chi connectivity index (χ2n) is 11.5. The largest absolute Gasteiger partial charge is 0.460 e. The number of piperidine rings is 1. The van der Waals surface area contributed by atoms with E-state index in [2.05, 4.69) is 26.9 Å². The van der Waals surface area contributed by atoms with Gasteiger partial charge in [-0.15, -0.1) is 0 Å². The predicted molar refractivity (Wildman–Crippen MR) is 163 cm³/mol. The van der Waals surface area contributed by atoms with Gasteiger partial charge in [-0.3, -0.25) is 9.78 Å². The summed E-state index contributed by atoms with van der Waals surface area (Å²) in [5, 5.41) is 8.88. The smallest absolute Gasteiger partial charge is 0.330 e. The molecule has 5 heterocycles. The summed E-state index contributed by atoms with van der Waals surface area (Å²) < 4.78 is 10.5. The third-order valence-electron chi connectivity index (χ3n) is 8.41. The normalized spacial score (nSPS) is 18.5.